The number of hydrogen-bond acceptors (Lipinski definition) is 5. The number of rotatable bonds is 5. The van der Waals surface area contributed by atoms with Gasteiger partial charge in [0.1, 0.15) is 9.71 Å². The van der Waals surface area contributed by atoms with E-state index in [-0.39, 0.29) is 5.91 Å². The minimum atomic E-state index is -0.0159. The first-order chi connectivity index (χ1) is 13.5. The normalized spacial score (nSPS) is 16.0. The molecule has 1 N–H and O–H groups in total. The monoisotopic (exact) mass is 397 g/mol. The Morgan fingerprint density at radius 2 is 1.89 bits per heavy atom. The van der Waals surface area contributed by atoms with Crippen LogP contribution in [0.3, 0.4) is 0 Å². The third kappa shape index (κ3) is 3.83. The molecule has 4 heterocycles. The van der Waals surface area contributed by atoms with Gasteiger partial charge in [-0.3, -0.25) is 9.69 Å². The maximum atomic E-state index is 13.1. The second-order valence-electron chi connectivity index (χ2n) is 7.53. The van der Waals surface area contributed by atoms with E-state index < -0.39 is 0 Å². The molecule has 1 fully saturated rings. The lowest BCUT2D eigenvalue weighted by Crippen LogP contribution is -2.46. The highest BCUT2D eigenvalue weighted by atomic mass is 32.1. The van der Waals surface area contributed by atoms with E-state index in [1.807, 2.05) is 36.0 Å². The summed E-state index contributed by atoms with van der Waals surface area (Å²) in [6, 6.07) is 6.04. The summed E-state index contributed by atoms with van der Waals surface area (Å²) in [7, 11) is 2.15. The molecular weight excluding hydrogens is 370 g/mol. The molecule has 1 saturated heterocycles. The first kappa shape index (κ1) is 19.1. The van der Waals surface area contributed by atoms with Gasteiger partial charge in [0.05, 0.1) is 5.69 Å². The number of aromatic nitrogens is 2. The Morgan fingerprint density at radius 3 is 2.61 bits per heavy atom. The minimum absolute atomic E-state index is 0.0159. The van der Waals surface area contributed by atoms with E-state index in [0.29, 0.717) is 6.54 Å². The molecule has 7 heteroatoms. The highest BCUT2D eigenvalue weighted by molar-refractivity contribution is 7.21. The topological polar surface area (TPSA) is 53.4 Å². The fourth-order valence-electron chi connectivity index (χ4n) is 3.79. The molecule has 0 saturated carbocycles. The van der Waals surface area contributed by atoms with Crippen LogP contribution in [0.5, 0.6) is 0 Å². The molecule has 1 amide bonds. The number of nitrogens with zero attached hydrogens (tertiary/aromatic N) is 4. The molecule has 0 aliphatic carbocycles. The zero-order valence-electron chi connectivity index (χ0n) is 16.7. The van der Waals surface area contributed by atoms with Gasteiger partial charge in [-0.05, 0) is 44.7 Å². The number of likely N-dealkylation sites (N-methyl/N-ethyl adjacent to an activating group) is 1. The molecule has 4 rings (SSSR count). The van der Waals surface area contributed by atoms with Gasteiger partial charge in [0.15, 0.2) is 0 Å². The predicted molar refractivity (Wildman–Crippen MR) is 115 cm³/mol. The van der Waals surface area contributed by atoms with Gasteiger partial charge in [-0.25, -0.2) is 4.98 Å². The van der Waals surface area contributed by atoms with Crippen LogP contribution in [-0.2, 0) is 0 Å². The van der Waals surface area contributed by atoms with Crippen molar-refractivity contribution in [3.05, 3.63) is 46.7 Å². The van der Waals surface area contributed by atoms with Gasteiger partial charge in [-0.1, -0.05) is 0 Å². The van der Waals surface area contributed by atoms with E-state index in [4.69, 9.17) is 0 Å². The Balaban J connectivity index is 1.56. The predicted octanol–water partition coefficient (Wildman–Crippen LogP) is 2.68. The molecule has 0 radical (unpaired) electrons. The Morgan fingerprint density at radius 1 is 1.18 bits per heavy atom. The van der Waals surface area contributed by atoms with Crippen molar-refractivity contribution in [2.45, 2.75) is 13.8 Å². The second-order valence-corrected chi connectivity index (χ2v) is 8.53. The van der Waals surface area contributed by atoms with Crippen LogP contribution in [0.25, 0.3) is 15.9 Å². The lowest BCUT2D eigenvalue weighted by molar-refractivity contribution is 0.0945. The average Bonchev–Trinajstić information content (AvgIpc) is 3.30. The minimum Gasteiger partial charge on any atom is -0.350 e. The van der Waals surface area contributed by atoms with Crippen LogP contribution in [0.2, 0.25) is 0 Å². The summed E-state index contributed by atoms with van der Waals surface area (Å²) in [5, 5.41) is 4.20. The standard InChI is InChI=1S/C21H27N5OS/c1-15-14-16(2)23-21-17(15)18(26-7-4-5-8-26)19(28-21)20(27)22-6-9-25-12-10-24(3)11-13-25/h4-5,7-8,14H,6,9-13H2,1-3H3,(H,22,27). The van der Waals surface area contributed by atoms with Crippen LogP contribution >= 0.6 is 11.3 Å². The molecule has 6 nitrogen and oxygen atoms in total. The Labute approximate surface area is 169 Å². The number of thiophene rings is 1. The summed E-state index contributed by atoms with van der Waals surface area (Å²) in [5.74, 6) is -0.0159. The SMILES string of the molecule is Cc1cc(C)c2c(-n3cccc3)c(C(=O)NCCN3CCN(C)CC3)sc2n1. The zero-order chi connectivity index (χ0) is 19.7. The summed E-state index contributed by atoms with van der Waals surface area (Å²) in [5.41, 5.74) is 3.07. The first-order valence-corrected chi connectivity index (χ1v) is 10.6. The van der Waals surface area contributed by atoms with Crippen molar-refractivity contribution in [1.82, 2.24) is 24.7 Å². The maximum absolute atomic E-state index is 13.1. The largest absolute Gasteiger partial charge is 0.350 e. The maximum Gasteiger partial charge on any atom is 0.263 e. The molecule has 0 atom stereocenters. The second kappa shape index (κ2) is 8.03. The van der Waals surface area contributed by atoms with Crippen molar-refractivity contribution >= 4 is 27.5 Å². The lowest BCUT2D eigenvalue weighted by Gasteiger charge is -2.32. The van der Waals surface area contributed by atoms with Crippen LogP contribution < -0.4 is 5.32 Å². The fraction of sp³-hybridized carbons (Fsp3) is 0.429. The number of amides is 1. The average molecular weight is 398 g/mol. The third-order valence-electron chi connectivity index (χ3n) is 5.34. The van der Waals surface area contributed by atoms with E-state index in [1.165, 1.54) is 11.3 Å². The van der Waals surface area contributed by atoms with Crippen molar-refractivity contribution in [2.24, 2.45) is 0 Å². The van der Waals surface area contributed by atoms with Gasteiger partial charge >= 0.3 is 0 Å². The van der Waals surface area contributed by atoms with Gasteiger partial charge < -0.3 is 14.8 Å². The summed E-state index contributed by atoms with van der Waals surface area (Å²) in [6.07, 6.45) is 3.98. The van der Waals surface area contributed by atoms with E-state index in [0.717, 1.165) is 64.8 Å². The lowest BCUT2D eigenvalue weighted by atomic mass is 10.1. The molecule has 3 aromatic rings. The molecule has 0 unspecified atom stereocenters. The quantitative estimate of drug-likeness (QED) is 0.719. The number of carbonyl (C=O) groups is 1. The molecule has 3 aromatic heterocycles. The summed E-state index contributed by atoms with van der Waals surface area (Å²) >= 11 is 1.48. The van der Waals surface area contributed by atoms with Gasteiger partial charge in [-0.15, -0.1) is 11.3 Å². The van der Waals surface area contributed by atoms with E-state index >= 15 is 0 Å². The van der Waals surface area contributed by atoms with Gasteiger partial charge in [0.2, 0.25) is 0 Å². The molecule has 0 aromatic carbocycles. The van der Waals surface area contributed by atoms with Crippen LogP contribution in [0.1, 0.15) is 20.9 Å². The third-order valence-corrected chi connectivity index (χ3v) is 6.41. The molecule has 28 heavy (non-hydrogen) atoms. The van der Waals surface area contributed by atoms with Crippen molar-refractivity contribution in [3.63, 3.8) is 0 Å². The number of nitrogens with one attached hydrogen (secondary N) is 1. The van der Waals surface area contributed by atoms with E-state index in [9.17, 15) is 4.79 Å². The smallest absolute Gasteiger partial charge is 0.263 e. The van der Waals surface area contributed by atoms with Crippen LogP contribution in [-0.4, -0.2) is 71.6 Å². The van der Waals surface area contributed by atoms with Crippen molar-refractivity contribution in [1.29, 1.82) is 0 Å². The molecule has 1 aliphatic heterocycles. The summed E-state index contributed by atoms with van der Waals surface area (Å²) < 4.78 is 2.03. The molecule has 0 bridgehead atoms. The summed E-state index contributed by atoms with van der Waals surface area (Å²) in [6.45, 7) is 9.94. The summed E-state index contributed by atoms with van der Waals surface area (Å²) in [4.78, 5) is 24.1. The number of aryl methyl sites for hydroxylation is 2. The van der Waals surface area contributed by atoms with Crippen LogP contribution in [0.4, 0.5) is 0 Å². The Hall–Kier alpha value is -2.22. The van der Waals surface area contributed by atoms with Crippen molar-refractivity contribution in [2.75, 3.05) is 46.3 Å². The Bertz CT molecular complexity index is 971. The van der Waals surface area contributed by atoms with Gasteiger partial charge in [-0.2, -0.15) is 0 Å². The number of hydrogen-bond donors (Lipinski definition) is 1. The molecule has 1 aliphatic rings. The molecular formula is C21H27N5OS. The van der Waals surface area contributed by atoms with E-state index in [1.54, 1.807) is 0 Å². The Kier molecular flexibility index (Phi) is 5.48. The fourth-order valence-corrected chi connectivity index (χ4v) is 5.00. The van der Waals surface area contributed by atoms with Crippen LogP contribution in [0, 0.1) is 13.8 Å². The first-order valence-electron chi connectivity index (χ1n) is 9.76. The number of piperazine rings is 1. The van der Waals surface area contributed by atoms with Gasteiger partial charge in [0.25, 0.3) is 5.91 Å². The van der Waals surface area contributed by atoms with Crippen molar-refractivity contribution < 1.29 is 4.79 Å². The number of fused-ring (bicyclic) bond motifs is 1. The highest BCUT2D eigenvalue weighted by Crippen LogP contribution is 2.35. The van der Waals surface area contributed by atoms with Crippen LogP contribution in [0.15, 0.2) is 30.6 Å². The highest BCUT2D eigenvalue weighted by Gasteiger charge is 2.22. The van der Waals surface area contributed by atoms with Crippen molar-refractivity contribution in [3.8, 4) is 5.69 Å². The molecule has 148 valence electrons. The molecule has 0 spiro atoms. The zero-order valence-corrected chi connectivity index (χ0v) is 17.6. The number of carbonyl (C=O) groups excluding carboxylic acids is 1. The van der Waals surface area contributed by atoms with E-state index in [2.05, 4.69) is 40.1 Å². The number of pyridine rings is 1. The van der Waals surface area contributed by atoms with Gasteiger partial charge in [0, 0.05) is 62.7 Å².